The van der Waals surface area contributed by atoms with Crippen molar-refractivity contribution < 1.29 is 8.42 Å². The third-order valence-electron chi connectivity index (χ3n) is 4.14. The Bertz CT molecular complexity index is 1090. The number of anilines is 3. The minimum absolute atomic E-state index is 0.0890. The number of sulfonamides is 1. The molecule has 0 aliphatic carbocycles. The first kappa shape index (κ1) is 16.1. The van der Waals surface area contributed by atoms with Gasteiger partial charge in [-0.25, -0.2) is 13.4 Å². The van der Waals surface area contributed by atoms with Crippen LogP contribution in [0.2, 0.25) is 5.28 Å². The molecule has 0 amide bonds. The third-order valence-corrected chi connectivity index (χ3v) is 5.47. The maximum absolute atomic E-state index is 12.1. The second-order valence-corrected chi connectivity index (χ2v) is 8.14. The first-order valence-corrected chi connectivity index (χ1v) is 9.78. The van der Waals surface area contributed by atoms with Gasteiger partial charge in [0.05, 0.1) is 24.0 Å². The van der Waals surface area contributed by atoms with E-state index in [9.17, 15) is 8.42 Å². The van der Waals surface area contributed by atoms with E-state index in [2.05, 4.69) is 20.3 Å². The molecule has 3 heterocycles. The number of rotatable bonds is 3. The summed E-state index contributed by atoms with van der Waals surface area (Å²) in [6.07, 6.45) is 3.50. The van der Waals surface area contributed by atoms with E-state index in [1.165, 1.54) is 10.6 Å². The molecule has 130 valence electrons. The van der Waals surface area contributed by atoms with E-state index in [0.717, 1.165) is 5.56 Å². The Kier molecular flexibility index (Phi) is 3.58. The molecule has 1 aliphatic rings. The number of fused-ring (bicyclic) bond motifs is 2. The van der Waals surface area contributed by atoms with Crippen molar-refractivity contribution in [1.29, 1.82) is 0 Å². The fourth-order valence-corrected chi connectivity index (χ4v) is 4.18. The average Bonchev–Trinajstić information content (AvgIpc) is 3.12. The van der Waals surface area contributed by atoms with Crippen LogP contribution in [0.3, 0.4) is 0 Å². The van der Waals surface area contributed by atoms with Crippen molar-refractivity contribution in [3.05, 3.63) is 35.4 Å². The summed E-state index contributed by atoms with van der Waals surface area (Å²) < 4.78 is 27.4. The number of nitrogens with one attached hydrogen (secondary N) is 1. The van der Waals surface area contributed by atoms with Crippen LogP contribution in [0.15, 0.2) is 24.5 Å². The van der Waals surface area contributed by atoms with Crippen LogP contribution in [0.4, 0.5) is 17.2 Å². The van der Waals surface area contributed by atoms with Gasteiger partial charge < -0.3 is 9.88 Å². The fraction of sp³-hybridized carbons (Fsp3) is 0.267. The molecule has 1 N–H and O–H groups in total. The minimum atomic E-state index is -3.36. The Hall–Kier alpha value is -2.39. The highest BCUT2D eigenvalue weighted by Crippen LogP contribution is 2.38. The van der Waals surface area contributed by atoms with Crippen molar-refractivity contribution >= 4 is 50.0 Å². The predicted octanol–water partition coefficient (Wildman–Crippen LogP) is 2.08. The Morgan fingerprint density at radius 3 is 2.84 bits per heavy atom. The predicted molar refractivity (Wildman–Crippen MR) is 96.9 cm³/mol. The van der Waals surface area contributed by atoms with Crippen LogP contribution in [0, 0.1) is 0 Å². The zero-order valence-electron chi connectivity index (χ0n) is 13.6. The zero-order chi connectivity index (χ0) is 17.8. The van der Waals surface area contributed by atoms with Crippen molar-refractivity contribution in [3.8, 4) is 0 Å². The minimum Gasteiger partial charge on any atom is -0.336 e. The quantitative estimate of drug-likeness (QED) is 0.701. The van der Waals surface area contributed by atoms with Crippen molar-refractivity contribution in [1.82, 2.24) is 19.5 Å². The van der Waals surface area contributed by atoms with E-state index < -0.39 is 10.0 Å². The topological polar surface area (TPSA) is 93.0 Å². The highest BCUT2D eigenvalue weighted by atomic mass is 35.5. The van der Waals surface area contributed by atoms with Gasteiger partial charge in [0.25, 0.3) is 0 Å². The SMILES string of the molecule is Cn1cnc2c(Nc3cccc4c3N(S(C)(=O)=O)CC4)nc(Cl)nc21. The molecule has 0 saturated carbocycles. The third kappa shape index (κ3) is 2.69. The Labute approximate surface area is 149 Å². The van der Waals surface area contributed by atoms with Gasteiger partial charge in [-0.1, -0.05) is 12.1 Å². The van der Waals surface area contributed by atoms with Crippen LogP contribution >= 0.6 is 11.6 Å². The molecule has 0 unspecified atom stereocenters. The summed E-state index contributed by atoms with van der Waals surface area (Å²) in [6.45, 7) is 0.427. The number of para-hydroxylation sites is 1. The summed E-state index contributed by atoms with van der Waals surface area (Å²) in [4.78, 5) is 12.7. The lowest BCUT2D eigenvalue weighted by Crippen LogP contribution is -2.28. The van der Waals surface area contributed by atoms with Crippen LogP contribution < -0.4 is 9.62 Å². The maximum atomic E-state index is 12.1. The molecule has 4 rings (SSSR count). The second-order valence-electron chi connectivity index (χ2n) is 5.89. The molecule has 0 radical (unpaired) electrons. The van der Waals surface area contributed by atoms with E-state index in [1.807, 2.05) is 25.2 Å². The van der Waals surface area contributed by atoms with Crippen molar-refractivity contribution in [2.75, 3.05) is 22.4 Å². The maximum Gasteiger partial charge on any atom is 0.232 e. The summed E-state index contributed by atoms with van der Waals surface area (Å²) >= 11 is 6.03. The van der Waals surface area contributed by atoms with Crippen molar-refractivity contribution in [2.24, 2.45) is 7.05 Å². The fourth-order valence-electron chi connectivity index (χ4n) is 3.05. The van der Waals surface area contributed by atoms with Crippen LogP contribution in [-0.2, 0) is 23.5 Å². The molecular weight excluding hydrogens is 364 g/mol. The van der Waals surface area contributed by atoms with Crippen LogP contribution in [0.25, 0.3) is 11.2 Å². The monoisotopic (exact) mass is 378 g/mol. The molecule has 3 aromatic rings. The number of halogens is 1. The van der Waals surface area contributed by atoms with Gasteiger partial charge >= 0.3 is 0 Å². The summed E-state index contributed by atoms with van der Waals surface area (Å²) in [5.74, 6) is 0.435. The normalized spacial score (nSPS) is 14.1. The van der Waals surface area contributed by atoms with E-state index in [4.69, 9.17) is 11.6 Å². The number of nitrogens with zero attached hydrogens (tertiary/aromatic N) is 5. The zero-order valence-corrected chi connectivity index (χ0v) is 15.1. The van der Waals surface area contributed by atoms with E-state index in [0.29, 0.717) is 41.3 Å². The molecule has 0 fully saturated rings. The number of aromatic nitrogens is 4. The standard InChI is InChI=1S/C15H15ClN6O2S/c1-21-8-17-11-13(19-15(16)20-14(11)21)18-10-5-3-4-9-6-7-22(12(9)10)25(2,23)24/h3-5,8H,6-7H2,1-2H3,(H,18,19,20). The van der Waals surface area contributed by atoms with Gasteiger partial charge in [-0.2, -0.15) is 9.97 Å². The summed E-state index contributed by atoms with van der Waals surface area (Å²) in [6, 6.07) is 5.62. The molecule has 0 spiro atoms. The lowest BCUT2D eigenvalue weighted by molar-refractivity contribution is 0.598. The molecule has 8 nitrogen and oxygen atoms in total. The highest BCUT2D eigenvalue weighted by Gasteiger charge is 2.29. The van der Waals surface area contributed by atoms with E-state index in [-0.39, 0.29) is 5.28 Å². The molecule has 1 aliphatic heterocycles. The van der Waals surface area contributed by atoms with Gasteiger partial charge in [-0.05, 0) is 29.7 Å². The Morgan fingerprint density at radius 2 is 2.08 bits per heavy atom. The molecule has 10 heteroatoms. The second kappa shape index (κ2) is 5.57. The molecular formula is C15H15ClN6O2S. The molecule has 2 aromatic heterocycles. The summed E-state index contributed by atoms with van der Waals surface area (Å²) in [7, 11) is -1.55. The van der Waals surface area contributed by atoms with E-state index in [1.54, 1.807) is 10.9 Å². The van der Waals surface area contributed by atoms with Crippen molar-refractivity contribution in [3.63, 3.8) is 0 Å². The summed E-state index contributed by atoms with van der Waals surface area (Å²) in [5.41, 5.74) is 3.40. The first-order valence-electron chi connectivity index (χ1n) is 7.56. The number of benzene rings is 1. The first-order chi connectivity index (χ1) is 11.8. The Balaban J connectivity index is 1.85. The van der Waals surface area contributed by atoms with Gasteiger partial charge in [-0.3, -0.25) is 4.31 Å². The number of hydrogen-bond acceptors (Lipinski definition) is 6. The molecule has 25 heavy (non-hydrogen) atoms. The molecule has 0 saturated heterocycles. The van der Waals surface area contributed by atoms with Gasteiger partial charge in [0, 0.05) is 13.6 Å². The molecule has 1 aromatic carbocycles. The molecule has 0 bridgehead atoms. The molecule has 0 atom stereocenters. The lowest BCUT2D eigenvalue weighted by atomic mass is 10.1. The van der Waals surface area contributed by atoms with Crippen LogP contribution in [0.1, 0.15) is 5.56 Å². The van der Waals surface area contributed by atoms with Gasteiger partial charge in [0.15, 0.2) is 17.0 Å². The summed E-state index contributed by atoms with van der Waals surface area (Å²) in [5, 5.41) is 3.28. The number of hydrogen-bond donors (Lipinski definition) is 1. The smallest absolute Gasteiger partial charge is 0.232 e. The Morgan fingerprint density at radius 1 is 1.28 bits per heavy atom. The van der Waals surface area contributed by atoms with Gasteiger partial charge in [0.2, 0.25) is 15.3 Å². The van der Waals surface area contributed by atoms with Crippen LogP contribution in [-0.4, -0.2) is 40.7 Å². The van der Waals surface area contributed by atoms with E-state index >= 15 is 0 Å². The van der Waals surface area contributed by atoms with Gasteiger partial charge in [-0.15, -0.1) is 0 Å². The highest BCUT2D eigenvalue weighted by molar-refractivity contribution is 7.92. The average molecular weight is 379 g/mol. The number of imidazole rings is 1. The number of aryl methyl sites for hydroxylation is 1. The van der Waals surface area contributed by atoms with Crippen molar-refractivity contribution in [2.45, 2.75) is 6.42 Å². The lowest BCUT2D eigenvalue weighted by Gasteiger charge is -2.20. The largest absolute Gasteiger partial charge is 0.336 e. The van der Waals surface area contributed by atoms with Crippen LogP contribution in [0.5, 0.6) is 0 Å². The van der Waals surface area contributed by atoms with Gasteiger partial charge in [0.1, 0.15) is 0 Å².